The molecular weight excluding hydrogens is 503 g/mol. The highest BCUT2D eigenvalue weighted by molar-refractivity contribution is 7.92. The summed E-state index contributed by atoms with van der Waals surface area (Å²) in [5, 5.41) is 0. The van der Waals surface area contributed by atoms with E-state index in [0.717, 1.165) is 29.2 Å². The van der Waals surface area contributed by atoms with Crippen molar-refractivity contribution < 1.29 is 43.9 Å². The maximum atomic E-state index is 14.3. The third-order valence-corrected chi connectivity index (χ3v) is 8.73. The summed E-state index contributed by atoms with van der Waals surface area (Å²) in [5.41, 5.74) is -2.72. The Labute approximate surface area is 198 Å². The van der Waals surface area contributed by atoms with Gasteiger partial charge in [0, 0.05) is 13.0 Å². The third kappa shape index (κ3) is 5.46. The molecular formula is C23H24F7NO3S. The zero-order valence-corrected chi connectivity index (χ0v) is 18.8. The number of halogens is 7. The molecule has 1 aliphatic heterocycles. The van der Waals surface area contributed by atoms with E-state index in [-0.39, 0.29) is 38.6 Å². The zero-order valence-electron chi connectivity index (χ0n) is 18.0. The first-order valence-corrected chi connectivity index (χ1v) is 11.5. The fourth-order valence-electron chi connectivity index (χ4n) is 3.95. The Hall–Kier alpha value is -2.63. The standard InChI is InChI=1S/C22H20F7NO3S.CH4/c1-20(2,34(32,33)16-5-3-4-14(10-16)21(24,25)26)13-8-9-30(19(31)12-13)18-7-6-15(11-17(18)23)22(27,28)29;/h3-7,10-11,13H,8-9,12H2,1-2H3;1H4/t13-;/m0./s1. The van der Waals surface area contributed by atoms with Crippen LogP contribution in [0.25, 0.3) is 0 Å². The molecule has 12 heteroatoms. The predicted molar refractivity (Wildman–Crippen MR) is 116 cm³/mol. The molecule has 3 rings (SSSR count). The van der Waals surface area contributed by atoms with Crippen LogP contribution in [0.3, 0.4) is 0 Å². The van der Waals surface area contributed by atoms with Gasteiger partial charge in [-0.2, -0.15) is 26.3 Å². The van der Waals surface area contributed by atoms with Gasteiger partial charge in [-0.05, 0) is 62.6 Å². The van der Waals surface area contributed by atoms with Crippen molar-refractivity contribution in [2.75, 3.05) is 11.4 Å². The van der Waals surface area contributed by atoms with Crippen molar-refractivity contribution >= 4 is 21.4 Å². The summed E-state index contributed by atoms with van der Waals surface area (Å²) in [5.74, 6) is -2.78. The number of carbonyl (C=O) groups is 1. The minimum absolute atomic E-state index is 0. The van der Waals surface area contributed by atoms with Crippen LogP contribution in [0.15, 0.2) is 47.4 Å². The highest BCUT2D eigenvalue weighted by atomic mass is 32.2. The first-order chi connectivity index (χ1) is 15.5. The Morgan fingerprint density at radius 1 is 0.914 bits per heavy atom. The lowest BCUT2D eigenvalue weighted by Gasteiger charge is -2.39. The van der Waals surface area contributed by atoms with E-state index in [4.69, 9.17) is 0 Å². The summed E-state index contributed by atoms with van der Waals surface area (Å²) in [6.45, 7) is 2.43. The molecule has 1 fully saturated rings. The summed E-state index contributed by atoms with van der Waals surface area (Å²) in [7, 11) is -4.33. The fraction of sp³-hybridized carbons (Fsp3) is 0.435. The summed E-state index contributed by atoms with van der Waals surface area (Å²) < 4.78 is 117. The van der Waals surface area contributed by atoms with Gasteiger partial charge in [-0.1, -0.05) is 13.5 Å². The van der Waals surface area contributed by atoms with Crippen molar-refractivity contribution in [1.82, 2.24) is 0 Å². The van der Waals surface area contributed by atoms with Gasteiger partial charge in [-0.15, -0.1) is 0 Å². The summed E-state index contributed by atoms with van der Waals surface area (Å²) in [6.07, 6.45) is -9.86. The number of piperidine rings is 1. The first-order valence-electron chi connectivity index (χ1n) is 10.1. The molecule has 194 valence electrons. The molecule has 1 atom stereocenters. The maximum absolute atomic E-state index is 14.3. The number of anilines is 1. The molecule has 1 heterocycles. The number of nitrogens with zero attached hydrogens (tertiary/aromatic N) is 1. The monoisotopic (exact) mass is 527 g/mol. The lowest BCUT2D eigenvalue weighted by Crippen LogP contribution is -2.49. The Morgan fingerprint density at radius 3 is 2.00 bits per heavy atom. The molecule has 0 bridgehead atoms. The second-order valence-corrected chi connectivity index (χ2v) is 11.1. The molecule has 0 unspecified atom stereocenters. The fourth-order valence-corrected chi connectivity index (χ4v) is 5.73. The Balaban J connectivity index is 0.00000432. The quantitative estimate of drug-likeness (QED) is 0.427. The van der Waals surface area contributed by atoms with E-state index in [1.807, 2.05) is 0 Å². The van der Waals surface area contributed by atoms with Gasteiger partial charge in [0.25, 0.3) is 0 Å². The van der Waals surface area contributed by atoms with E-state index in [2.05, 4.69) is 0 Å². The number of alkyl halides is 6. The van der Waals surface area contributed by atoms with Gasteiger partial charge in [0.1, 0.15) is 5.82 Å². The van der Waals surface area contributed by atoms with Crippen molar-refractivity contribution in [1.29, 1.82) is 0 Å². The van der Waals surface area contributed by atoms with Gasteiger partial charge in [0.2, 0.25) is 5.91 Å². The molecule has 1 aliphatic rings. The van der Waals surface area contributed by atoms with Crippen molar-refractivity contribution in [3.05, 3.63) is 59.4 Å². The zero-order chi connectivity index (χ0) is 25.7. The van der Waals surface area contributed by atoms with E-state index < -0.39 is 60.6 Å². The van der Waals surface area contributed by atoms with Crippen LogP contribution in [0, 0.1) is 11.7 Å². The van der Waals surface area contributed by atoms with Crippen LogP contribution in [0.5, 0.6) is 0 Å². The normalized spacial score (nSPS) is 17.8. The van der Waals surface area contributed by atoms with Gasteiger partial charge in [0.15, 0.2) is 9.84 Å². The van der Waals surface area contributed by atoms with Crippen molar-refractivity contribution in [3.8, 4) is 0 Å². The van der Waals surface area contributed by atoms with Gasteiger partial charge in [-0.3, -0.25) is 4.79 Å². The van der Waals surface area contributed by atoms with E-state index in [0.29, 0.717) is 12.1 Å². The molecule has 0 radical (unpaired) electrons. The van der Waals surface area contributed by atoms with Gasteiger partial charge >= 0.3 is 12.4 Å². The SMILES string of the molecule is C.CC(C)([C@H]1CCN(c2ccc(C(F)(F)F)cc2F)C(=O)C1)S(=O)(=O)c1cccc(C(F)(F)F)c1. The van der Waals surface area contributed by atoms with Crippen molar-refractivity contribution in [2.24, 2.45) is 5.92 Å². The average molecular weight is 528 g/mol. The van der Waals surface area contributed by atoms with Crippen molar-refractivity contribution in [3.63, 3.8) is 0 Å². The molecule has 4 nitrogen and oxygen atoms in total. The number of hydrogen-bond donors (Lipinski definition) is 0. The molecule has 0 saturated carbocycles. The van der Waals surface area contributed by atoms with E-state index in [1.54, 1.807) is 0 Å². The molecule has 1 amide bonds. The molecule has 0 aliphatic carbocycles. The highest BCUT2D eigenvalue weighted by Crippen LogP contribution is 2.41. The average Bonchev–Trinajstić information content (AvgIpc) is 2.72. The number of amides is 1. The first kappa shape index (κ1) is 28.6. The largest absolute Gasteiger partial charge is 0.416 e. The minimum Gasteiger partial charge on any atom is -0.310 e. The highest BCUT2D eigenvalue weighted by Gasteiger charge is 2.46. The van der Waals surface area contributed by atoms with Crippen LogP contribution >= 0.6 is 0 Å². The molecule has 1 saturated heterocycles. The van der Waals surface area contributed by atoms with Crippen LogP contribution in [-0.4, -0.2) is 25.6 Å². The van der Waals surface area contributed by atoms with Crippen LogP contribution < -0.4 is 4.90 Å². The smallest absolute Gasteiger partial charge is 0.310 e. The van der Waals surface area contributed by atoms with Crippen LogP contribution in [0.4, 0.5) is 36.4 Å². The lowest BCUT2D eigenvalue weighted by atomic mass is 9.85. The lowest BCUT2D eigenvalue weighted by molar-refractivity contribution is -0.138. The van der Waals surface area contributed by atoms with Crippen LogP contribution in [-0.2, 0) is 27.0 Å². The minimum atomic E-state index is -4.77. The van der Waals surface area contributed by atoms with Crippen molar-refractivity contribution in [2.45, 2.75) is 56.1 Å². The predicted octanol–water partition coefficient (Wildman–Crippen LogP) is 6.49. The summed E-state index contributed by atoms with van der Waals surface area (Å²) in [6, 6.07) is 5.05. The van der Waals surface area contributed by atoms with Crippen LogP contribution in [0.1, 0.15) is 45.2 Å². The van der Waals surface area contributed by atoms with E-state index in [1.165, 1.54) is 13.8 Å². The number of carbonyl (C=O) groups excluding carboxylic acids is 1. The third-order valence-electron chi connectivity index (χ3n) is 6.14. The molecule has 0 aromatic heterocycles. The van der Waals surface area contributed by atoms with E-state index >= 15 is 0 Å². The van der Waals surface area contributed by atoms with Gasteiger partial charge in [0.05, 0.1) is 26.5 Å². The Bertz CT molecular complexity index is 1200. The maximum Gasteiger partial charge on any atom is 0.416 e. The number of sulfone groups is 1. The number of hydrogen-bond acceptors (Lipinski definition) is 3. The Kier molecular flexibility index (Phi) is 7.71. The second kappa shape index (κ2) is 9.44. The molecule has 35 heavy (non-hydrogen) atoms. The summed E-state index contributed by atoms with van der Waals surface area (Å²) in [4.78, 5) is 13.1. The molecule has 2 aromatic carbocycles. The topological polar surface area (TPSA) is 54.5 Å². The summed E-state index contributed by atoms with van der Waals surface area (Å²) >= 11 is 0. The number of rotatable bonds is 4. The second-order valence-electron chi connectivity index (χ2n) is 8.53. The number of benzene rings is 2. The molecule has 0 N–H and O–H groups in total. The molecule has 0 spiro atoms. The molecule has 2 aromatic rings. The van der Waals surface area contributed by atoms with Gasteiger partial charge < -0.3 is 4.90 Å². The van der Waals surface area contributed by atoms with E-state index in [9.17, 15) is 43.9 Å². The van der Waals surface area contributed by atoms with Crippen LogP contribution in [0.2, 0.25) is 0 Å². The Morgan fingerprint density at radius 2 is 1.49 bits per heavy atom. The van der Waals surface area contributed by atoms with Gasteiger partial charge in [-0.25, -0.2) is 12.8 Å².